The summed E-state index contributed by atoms with van der Waals surface area (Å²) in [6, 6.07) is 8.62. The lowest BCUT2D eigenvalue weighted by atomic mass is 10.0. The number of rotatable bonds is 3. The first-order valence-electron chi connectivity index (χ1n) is 6.09. The van der Waals surface area contributed by atoms with Crippen LogP contribution in [0, 0.1) is 6.92 Å². The fourth-order valence-corrected chi connectivity index (χ4v) is 2.57. The van der Waals surface area contributed by atoms with E-state index < -0.39 is 0 Å². The van der Waals surface area contributed by atoms with Gasteiger partial charge in [-0.25, -0.2) is 0 Å². The number of halogens is 3. The quantitative estimate of drug-likeness (QED) is 0.693. The minimum Gasteiger partial charge on any atom is -0.508 e. The lowest BCUT2D eigenvalue weighted by molar-refractivity contribution is 0.465. The van der Waals surface area contributed by atoms with Crippen LogP contribution in [0.25, 0.3) is 0 Å². The standard InChI is InChI=1S/C15H14Cl3NO/c1-8-3-4-15(20)10(5-8)9(2)19-14-7-12(17)11(16)6-13(14)18/h3-7,9,19-20H,1-2H3. The van der Waals surface area contributed by atoms with Crippen LogP contribution in [0.15, 0.2) is 30.3 Å². The first-order chi connectivity index (χ1) is 9.38. The molecule has 0 saturated heterocycles. The molecule has 20 heavy (non-hydrogen) atoms. The maximum atomic E-state index is 9.93. The lowest BCUT2D eigenvalue weighted by Gasteiger charge is -2.19. The highest BCUT2D eigenvalue weighted by atomic mass is 35.5. The second kappa shape index (κ2) is 6.13. The van der Waals surface area contributed by atoms with Crippen LogP contribution >= 0.6 is 34.8 Å². The molecule has 0 fully saturated rings. The third kappa shape index (κ3) is 3.32. The van der Waals surface area contributed by atoms with Gasteiger partial charge < -0.3 is 10.4 Å². The summed E-state index contributed by atoms with van der Waals surface area (Å²) in [6.45, 7) is 3.91. The Morgan fingerprint density at radius 3 is 2.35 bits per heavy atom. The average Bonchev–Trinajstić information content (AvgIpc) is 2.38. The molecule has 0 radical (unpaired) electrons. The van der Waals surface area contributed by atoms with Gasteiger partial charge in [0.2, 0.25) is 0 Å². The fraction of sp³-hybridized carbons (Fsp3) is 0.200. The molecule has 0 bridgehead atoms. The number of benzene rings is 2. The highest BCUT2D eigenvalue weighted by Crippen LogP contribution is 2.35. The number of phenolic OH excluding ortho intramolecular Hbond substituents is 1. The van der Waals surface area contributed by atoms with E-state index in [4.69, 9.17) is 34.8 Å². The summed E-state index contributed by atoms with van der Waals surface area (Å²) in [4.78, 5) is 0. The molecule has 0 aliphatic heterocycles. The Bertz CT molecular complexity index is 643. The van der Waals surface area contributed by atoms with Crippen LogP contribution in [0.4, 0.5) is 5.69 Å². The molecule has 0 amide bonds. The van der Waals surface area contributed by atoms with Gasteiger partial charge in [-0.3, -0.25) is 0 Å². The van der Waals surface area contributed by atoms with Crippen molar-refractivity contribution in [1.29, 1.82) is 0 Å². The van der Waals surface area contributed by atoms with Crippen molar-refractivity contribution in [3.63, 3.8) is 0 Å². The molecule has 0 spiro atoms. The van der Waals surface area contributed by atoms with Crippen molar-refractivity contribution in [3.05, 3.63) is 56.5 Å². The highest BCUT2D eigenvalue weighted by Gasteiger charge is 2.13. The predicted molar refractivity (Wildman–Crippen MR) is 86.4 cm³/mol. The van der Waals surface area contributed by atoms with Crippen LogP contribution in [-0.4, -0.2) is 5.11 Å². The van der Waals surface area contributed by atoms with Crippen molar-refractivity contribution < 1.29 is 5.11 Å². The SMILES string of the molecule is Cc1ccc(O)c(C(C)Nc2cc(Cl)c(Cl)cc2Cl)c1. The van der Waals surface area contributed by atoms with Gasteiger partial charge in [0.05, 0.1) is 26.8 Å². The van der Waals surface area contributed by atoms with Gasteiger partial charge >= 0.3 is 0 Å². The van der Waals surface area contributed by atoms with Crippen LogP contribution in [-0.2, 0) is 0 Å². The van der Waals surface area contributed by atoms with Crippen molar-refractivity contribution in [3.8, 4) is 5.75 Å². The summed E-state index contributed by atoms with van der Waals surface area (Å²) >= 11 is 18.0. The van der Waals surface area contributed by atoms with E-state index in [1.807, 2.05) is 26.0 Å². The molecule has 2 N–H and O–H groups in total. The van der Waals surface area contributed by atoms with Crippen LogP contribution in [0.5, 0.6) is 5.75 Å². The number of aryl methyl sites for hydroxylation is 1. The van der Waals surface area contributed by atoms with E-state index in [9.17, 15) is 5.11 Å². The maximum Gasteiger partial charge on any atom is 0.120 e. The number of phenols is 1. The number of anilines is 1. The molecule has 1 atom stereocenters. The van der Waals surface area contributed by atoms with E-state index in [-0.39, 0.29) is 11.8 Å². The molecule has 5 heteroatoms. The molecule has 2 aromatic rings. The Hall–Kier alpha value is -1.09. The van der Waals surface area contributed by atoms with Crippen LogP contribution in [0.3, 0.4) is 0 Å². The Kier molecular flexibility index (Phi) is 4.69. The van der Waals surface area contributed by atoms with Crippen molar-refractivity contribution in [2.75, 3.05) is 5.32 Å². The molecule has 0 heterocycles. The summed E-state index contributed by atoms with van der Waals surface area (Å²) in [6.07, 6.45) is 0. The highest BCUT2D eigenvalue weighted by molar-refractivity contribution is 6.44. The summed E-state index contributed by atoms with van der Waals surface area (Å²) < 4.78 is 0. The molecule has 1 unspecified atom stereocenters. The normalized spacial score (nSPS) is 12.2. The zero-order chi connectivity index (χ0) is 14.9. The van der Waals surface area contributed by atoms with Crippen molar-refractivity contribution >= 4 is 40.5 Å². The molecule has 2 aromatic carbocycles. The van der Waals surface area contributed by atoms with Gasteiger partial charge in [-0.1, -0.05) is 52.5 Å². The van der Waals surface area contributed by atoms with E-state index in [0.29, 0.717) is 20.8 Å². The van der Waals surface area contributed by atoms with Gasteiger partial charge in [-0.2, -0.15) is 0 Å². The van der Waals surface area contributed by atoms with Gasteiger partial charge in [0, 0.05) is 5.56 Å². The Morgan fingerprint density at radius 1 is 1.00 bits per heavy atom. The van der Waals surface area contributed by atoms with Gasteiger partial charge in [-0.15, -0.1) is 0 Å². The second-order valence-electron chi connectivity index (χ2n) is 4.67. The van der Waals surface area contributed by atoms with Crippen molar-refractivity contribution in [2.24, 2.45) is 0 Å². The summed E-state index contributed by atoms with van der Waals surface area (Å²) in [5.41, 5.74) is 2.55. The fourth-order valence-electron chi connectivity index (χ4n) is 1.96. The number of nitrogens with one attached hydrogen (secondary N) is 1. The predicted octanol–water partition coefficient (Wildman–Crippen LogP) is 5.83. The summed E-state index contributed by atoms with van der Waals surface area (Å²) in [5, 5.41) is 14.5. The van der Waals surface area contributed by atoms with E-state index in [1.165, 1.54) is 0 Å². The van der Waals surface area contributed by atoms with E-state index >= 15 is 0 Å². The molecule has 0 aliphatic carbocycles. The first kappa shape index (κ1) is 15.3. The Balaban J connectivity index is 2.30. The van der Waals surface area contributed by atoms with Crippen molar-refractivity contribution in [1.82, 2.24) is 0 Å². The number of aromatic hydroxyl groups is 1. The zero-order valence-corrected chi connectivity index (χ0v) is 13.3. The summed E-state index contributed by atoms with van der Waals surface area (Å²) in [7, 11) is 0. The van der Waals surface area contributed by atoms with E-state index in [0.717, 1.165) is 11.1 Å². The Labute approximate surface area is 133 Å². The third-order valence-corrected chi connectivity index (χ3v) is 4.07. The van der Waals surface area contributed by atoms with Gasteiger partial charge in [0.25, 0.3) is 0 Å². The summed E-state index contributed by atoms with van der Waals surface area (Å²) in [5.74, 6) is 0.242. The minimum absolute atomic E-state index is 0.121. The minimum atomic E-state index is -0.121. The molecule has 2 nitrogen and oxygen atoms in total. The Morgan fingerprint density at radius 2 is 1.65 bits per heavy atom. The van der Waals surface area contributed by atoms with Gasteiger partial charge in [0.1, 0.15) is 5.75 Å². The average molecular weight is 331 g/mol. The maximum absolute atomic E-state index is 9.93. The molecular formula is C15H14Cl3NO. The topological polar surface area (TPSA) is 32.3 Å². The van der Waals surface area contributed by atoms with E-state index in [2.05, 4.69) is 5.32 Å². The second-order valence-corrected chi connectivity index (χ2v) is 5.90. The molecular weight excluding hydrogens is 317 g/mol. The monoisotopic (exact) mass is 329 g/mol. The molecule has 0 aliphatic rings. The van der Waals surface area contributed by atoms with Crippen molar-refractivity contribution in [2.45, 2.75) is 19.9 Å². The van der Waals surface area contributed by atoms with Crippen LogP contribution < -0.4 is 5.32 Å². The number of hydrogen-bond donors (Lipinski definition) is 2. The third-order valence-electron chi connectivity index (χ3n) is 3.03. The molecule has 106 valence electrons. The molecule has 0 saturated carbocycles. The van der Waals surface area contributed by atoms with Crippen LogP contribution in [0.1, 0.15) is 24.1 Å². The number of hydrogen-bond acceptors (Lipinski definition) is 2. The van der Waals surface area contributed by atoms with Crippen LogP contribution in [0.2, 0.25) is 15.1 Å². The smallest absolute Gasteiger partial charge is 0.120 e. The molecule has 2 rings (SSSR count). The zero-order valence-electron chi connectivity index (χ0n) is 11.0. The first-order valence-corrected chi connectivity index (χ1v) is 7.22. The lowest BCUT2D eigenvalue weighted by Crippen LogP contribution is -2.07. The largest absolute Gasteiger partial charge is 0.508 e. The molecule has 0 aromatic heterocycles. The van der Waals surface area contributed by atoms with Gasteiger partial charge in [0.15, 0.2) is 0 Å². The van der Waals surface area contributed by atoms with E-state index in [1.54, 1.807) is 18.2 Å². The van der Waals surface area contributed by atoms with Gasteiger partial charge in [-0.05, 0) is 32.0 Å².